The minimum atomic E-state index is -0.331. The summed E-state index contributed by atoms with van der Waals surface area (Å²) in [6.45, 7) is 1.56. The fourth-order valence-corrected chi connectivity index (χ4v) is 3.57. The number of nitrogens with one attached hydrogen (secondary N) is 3. The molecule has 1 aliphatic rings. The zero-order chi connectivity index (χ0) is 21.8. The molecule has 4 rings (SSSR count). The normalized spacial score (nSPS) is 11.6. The first-order chi connectivity index (χ1) is 15.0. The van der Waals surface area contributed by atoms with Gasteiger partial charge in [-0.15, -0.1) is 11.3 Å². The molecule has 158 valence electrons. The molecule has 0 saturated heterocycles. The number of fused-ring (bicyclic) bond motifs is 1. The van der Waals surface area contributed by atoms with Gasteiger partial charge < -0.3 is 20.1 Å². The van der Waals surface area contributed by atoms with Gasteiger partial charge in [0.1, 0.15) is 0 Å². The van der Waals surface area contributed by atoms with Crippen molar-refractivity contribution < 1.29 is 23.9 Å². The second kappa shape index (κ2) is 8.84. The van der Waals surface area contributed by atoms with Crippen LogP contribution in [0.5, 0.6) is 11.5 Å². The highest BCUT2D eigenvalue weighted by Gasteiger charge is 2.17. The molecule has 2 heterocycles. The number of carbonyl (C=O) groups is 3. The summed E-state index contributed by atoms with van der Waals surface area (Å²) in [5.74, 6) is 0.383. The lowest BCUT2D eigenvalue weighted by atomic mass is 10.2. The molecule has 3 amide bonds. The number of rotatable bonds is 6. The maximum absolute atomic E-state index is 12.4. The number of benzene rings is 2. The average Bonchev–Trinajstić information content (AvgIpc) is 3.37. The Labute approximate surface area is 181 Å². The summed E-state index contributed by atoms with van der Waals surface area (Å²) in [6, 6.07) is 11.7. The van der Waals surface area contributed by atoms with Crippen molar-refractivity contribution in [2.24, 2.45) is 0 Å². The third-order valence-corrected chi connectivity index (χ3v) is 5.04. The minimum Gasteiger partial charge on any atom is -0.454 e. The summed E-state index contributed by atoms with van der Waals surface area (Å²) in [7, 11) is 0. The van der Waals surface area contributed by atoms with Gasteiger partial charge in [0.2, 0.25) is 18.6 Å². The van der Waals surface area contributed by atoms with E-state index in [2.05, 4.69) is 20.9 Å². The van der Waals surface area contributed by atoms with Gasteiger partial charge >= 0.3 is 0 Å². The van der Waals surface area contributed by atoms with Crippen molar-refractivity contribution >= 4 is 45.6 Å². The number of ether oxygens (including phenoxy) is 2. The van der Waals surface area contributed by atoms with Gasteiger partial charge in [-0.2, -0.15) is 0 Å². The Kier molecular flexibility index (Phi) is 5.80. The number of amides is 3. The number of nitrogens with zero attached hydrogens (tertiary/aromatic N) is 1. The molecule has 0 unspecified atom stereocenters. The first-order valence-electron chi connectivity index (χ1n) is 9.29. The van der Waals surface area contributed by atoms with Crippen molar-refractivity contribution in [2.45, 2.75) is 13.3 Å². The molecule has 1 aliphatic heterocycles. The summed E-state index contributed by atoms with van der Waals surface area (Å²) in [5.41, 5.74) is 2.21. The SMILES string of the molecule is CC(=O)Nc1ccc(NC(=O)Cc2csc(NC(=O)c3ccc4c(c3)OCO4)n2)cc1. The molecule has 1 aromatic heterocycles. The van der Waals surface area contributed by atoms with E-state index in [1.165, 1.54) is 18.3 Å². The zero-order valence-electron chi connectivity index (χ0n) is 16.4. The summed E-state index contributed by atoms with van der Waals surface area (Å²) in [4.78, 5) is 40.1. The van der Waals surface area contributed by atoms with E-state index in [1.807, 2.05) is 0 Å². The topological polar surface area (TPSA) is 119 Å². The lowest BCUT2D eigenvalue weighted by molar-refractivity contribution is -0.116. The minimum absolute atomic E-state index is 0.0594. The van der Waals surface area contributed by atoms with Crippen molar-refractivity contribution in [3.8, 4) is 11.5 Å². The van der Waals surface area contributed by atoms with Crippen molar-refractivity contribution in [2.75, 3.05) is 22.7 Å². The van der Waals surface area contributed by atoms with Crippen LogP contribution in [-0.4, -0.2) is 29.5 Å². The molecule has 0 fully saturated rings. The van der Waals surface area contributed by atoms with Crippen LogP contribution in [-0.2, 0) is 16.0 Å². The molecule has 0 atom stereocenters. The van der Waals surface area contributed by atoms with Gasteiger partial charge in [-0.1, -0.05) is 0 Å². The highest BCUT2D eigenvalue weighted by molar-refractivity contribution is 7.14. The molecule has 9 nitrogen and oxygen atoms in total. The van der Waals surface area contributed by atoms with Gasteiger partial charge in [-0.25, -0.2) is 4.98 Å². The number of hydrogen-bond acceptors (Lipinski definition) is 7. The van der Waals surface area contributed by atoms with Crippen LogP contribution < -0.4 is 25.4 Å². The number of hydrogen-bond donors (Lipinski definition) is 3. The van der Waals surface area contributed by atoms with E-state index in [0.29, 0.717) is 39.3 Å². The molecule has 0 aliphatic carbocycles. The molecule has 0 bridgehead atoms. The molecule has 0 spiro atoms. The second-order valence-electron chi connectivity index (χ2n) is 6.65. The van der Waals surface area contributed by atoms with E-state index in [1.54, 1.807) is 47.8 Å². The van der Waals surface area contributed by atoms with Crippen LogP contribution >= 0.6 is 11.3 Å². The van der Waals surface area contributed by atoms with Gasteiger partial charge in [-0.05, 0) is 42.5 Å². The number of aromatic nitrogens is 1. The first kappa shape index (κ1) is 20.4. The monoisotopic (exact) mass is 438 g/mol. The van der Waals surface area contributed by atoms with Crippen molar-refractivity contribution in [3.63, 3.8) is 0 Å². The van der Waals surface area contributed by atoms with Gasteiger partial charge in [0.25, 0.3) is 5.91 Å². The lowest BCUT2D eigenvalue weighted by Gasteiger charge is -2.06. The smallest absolute Gasteiger partial charge is 0.257 e. The van der Waals surface area contributed by atoms with Crippen molar-refractivity contribution in [1.82, 2.24) is 4.98 Å². The van der Waals surface area contributed by atoms with E-state index in [4.69, 9.17) is 9.47 Å². The molecule has 0 saturated carbocycles. The number of anilines is 3. The van der Waals surface area contributed by atoms with E-state index in [-0.39, 0.29) is 30.9 Å². The second-order valence-corrected chi connectivity index (χ2v) is 7.51. The predicted octanol–water partition coefficient (Wildman–Crippen LogP) is 3.26. The Morgan fingerprint density at radius 3 is 2.42 bits per heavy atom. The molecule has 31 heavy (non-hydrogen) atoms. The maximum atomic E-state index is 12.4. The first-order valence-corrected chi connectivity index (χ1v) is 10.2. The molecule has 2 aromatic carbocycles. The van der Waals surface area contributed by atoms with Gasteiger partial charge in [0, 0.05) is 29.2 Å². The standard InChI is InChI=1S/C21H18N4O5S/c1-12(26)22-14-3-5-15(6-4-14)23-19(27)9-16-10-31-21(24-16)25-20(28)13-2-7-17-18(8-13)30-11-29-17/h2-8,10H,9,11H2,1H3,(H,22,26)(H,23,27)(H,24,25,28). The fourth-order valence-electron chi connectivity index (χ4n) is 2.86. The van der Waals surface area contributed by atoms with Crippen LogP contribution in [0.1, 0.15) is 23.0 Å². The van der Waals surface area contributed by atoms with Crippen LogP contribution in [0, 0.1) is 0 Å². The van der Waals surface area contributed by atoms with Crippen LogP contribution in [0.3, 0.4) is 0 Å². The summed E-state index contributed by atoms with van der Waals surface area (Å²) in [5, 5.41) is 10.3. The van der Waals surface area contributed by atoms with E-state index in [9.17, 15) is 14.4 Å². The highest BCUT2D eigenvalue weighted by Crippen LogP contribution is 2.32. The molecular formula is C21H18N4O5S. The van der Waals surface area contributed by atoms with Crippen molar-refractivity contribution in [3.05, 3.63) is 59.1 Å². The largest absolute Gasteiger partial charge is 0.454 e. The quantitative estimate of drug-likeness (QED) is 0.544. The van der Waals surface area contributed by atoms with Crippen LogP contribution in [0.4, 0.5) is 16.5 Å². The Hall–Kier alpha value is -3.92. The van der Waals surface area contributed by atoms with E-state index in [0.717, 1.165) is 0 Å². The summed E-state index contributed by atoms with van der Waals surface area (Å²) >= 11 is 1.23. The van der Waals surface area contributed by atoms with Crippen molar-refractivity contribution in [1.29, 1.82) is 0 Å². The van der Waals surface area contributed by atoms with E-state index >= 15 is 0 Å². The van der Waals surface area contributed by atoms with Crippen LogP contribution in [0.15, 0.2) is 47.8 Å². The summed E-state index contributed by atoms with van der Waals surface area (Å²) < 4.78 is 10.5. The Balaban J connectivity index is 1.31. The average molecular weight is 438 g/mol. The Morgan fingerprint density at radius 2 is 1.68 bits per heavy atom. The van der Waals surface area contributed by atoms with Crippen LogP contribution in [0.2, 0.25) is 0 Å². The molecule has 0 radical (unpaired) electrons. The molecule has 10 heteroatoms. The number of carbonyl (C=O) groups excluding carboxylic acids is 3. The highest BCUT2D eigenvalue weighted by atomic mass is 32.1. The molecule has 3 aromatic rings. The van der Waals surface area contributed by atoms with Gasteiger partial charge in [-0.3, -0.25) is 19.7 Å². The molecular weight excluding hydrogens is 420 g/mol. The maximum Gasteiger partial charge on any atom is 0.257 e. The van der Waals surface area contributed by atoms with Gasteiger partial charge in [0.15, 0.2) is 16.6 Å². The summed E-state index contributed by atoms with van der Waals surface area (Å²) in [6.07, 6.45) is 0.0594. The fraction of sp³-hybridized carbons (Fsp3) is 0.143. The predicted molar refractivity (Wildman–Crippen MR) is 116 cm³/mol. The molecule has 3 N–H and O–H groups in total. The Bertz CT molecular complexity index is 1140. The lowest BCUT2D eigenvalue weighted by Crippen LogP contribution is -2.15. The Morgan fingerprint density at radius 1 is 0.968 bits per heavy atom. The van der Waals surface area contributed by atoms with Crippen LogP contribution in [0.25, 0.3) is 0 Å². The zero-order valence-corrected chi connectivity index (χ0v) is 17.2. The third-order valence-electron chi connectivity index (χ3n) is 4.24. The van der Waals surface area contributed by atoms with Gasteiger partial charge in [0.05, 0.1) is 12.1 Å². The third kappa shape index (κ3) is 5.17. The van der Waals surface area contributed by atoms with E-state index < -0.39 is 0 Å². The number of thiazole rings is 1.